The Morgan fingerprint density at radius 3 is 1.60 bits per heavy atom. The van der Waals surface area contributed by atoms with Crippen molar-refractivity contribution >= 4 is 0 Å². The van der Waals surface area contributed by atoms with Crippen LogP contribution in [0.1, 0.15) is 12.5 Å². The molecule has 0 atom stereocenters. The van der Waals surface area contributed by atoms with E-state index >= 15 is 0 Å². The third-order valence-electron chi connectivity index (χ3n) is 0.940. The van der Waals surface area contributed by atoms with Crippen LogP contribution in [0.5, 0.6) is 0 Å². The van der Waals surface area contributed by atoms with E-state index in [0.717, 1.165) is 0 Å². The van der Waals surface area contributed by atoms with Gasteiger partial charge in [0.1, 0.15) is 0 Å². The fourth-order valence-electron chi connectivity index (χ4n) is 0.534. The van der Waals surface area contributed by atoms with E-state index in [-0.39, 0.29) is 32.7 Å². The van der Waals surface area contributed by atoms with Crippen molar-refractivity contribution in [1.82, 2.24) is 0 Å². The third-order valence-corrected chi connectivity index (χ3v) is 0.940. The summed E-state index contributed by atoms with van der Waals surface area (Å²) in [5.74, 6) is 0. The van der Waals surface area contributed by atoms with Crippen LogP contribution in [-0.2, 0) is 32.7 Å². The predicted octanol–water partition coefficient (Wildman–Crippen LogP) is 2.83. The van der Waals surface area contributed by atoms with Crippen LogP contribution >= 0.6 is 0 Å². The maximum Gasteiger partial charge on any atom is 0 e. The van der Waals surface area contributed by atoms with Crippen LogP contribution in [0.3, 0.4) is 0 Å². The second kappa shape index (κ2) is 9.32. The van der Waals surface area contributed by atoms with Gasteiger partial charge in [-0.05, 0) is 6.92 Å². The van der Waals surface area contributed by atoms with E-state index in [2.05, 4.69) is 26.0 Å². The molecule has 0 aromatic heterocycles. The van der Waals surface area contributed by atoms with Crippen LogP contribution in [0.2, 0.25) is 0 Å². The average molecular weight is 210 g/mol. The predicted molar refractivity (Wildman–Crippen MR) is 42.2 cm³/mol. The quantitative estimate of drug-likeness (QED) is 0.577. The molecule has 0 amide bonds. The van der Waals surface area contributed by atoms with Crippen molar-refractivity contribution in [3.05, 3.63) is 42.8 Å². The molecule has 1 rings (SSSR count). The van der Waals surface area contributed by atoms with E-state index in [9.17, 15) is 0 Å². The average Bonchev–Trinajstić information content (AvgIpc) is 1.94. The van der Waals surface area contributed by atoms with Crippen LogP contribution in [-0.4, -0.2) is 0 Å². The SMILES string of the molecule is Cc1ccccc1.[CH2-]C.[Y]. The number of hydrogen-bond acceptors (Lipinski definition) is 0. The Labute approximate surface area is 88.9 Å². The summed E-state index contributed by atoms with van der Waals surface area (Å²) in [6.45, 7) is 7.08. The molecule has 1 aromatic rings. The second-order valence-electron chi connectivity index (χ2n) is 1.65. The van der Waals surface area contributed by atoms with Crippen molar-refractivity contribution in [3.8, 4) is 0 Å². The van der Waals surface area contributed by atoms with E-state index in [1.54, 1.807) is 6.92 Å². The van der Waals surface area contributed by atoms with Crippen molar-refractivity contribution in [3.63, 3.8) is 0 Å². The van der Waals surface area contributed by atoms with Gasteiger partial charge >= 0.3 is 0 Å². The molecular formula is C9H13Y-. The Bertz CT molecular complexity index is 135. The molecule has 53 valence electrons. The van der Waals surface area contributed by atoms with E-state index in [4.69, 9.17) is 0 Å². The molecule has 0 heterocycles. The summed E-state index contributed by atoms with van der Waals surface area (Å²) in [6, 6.07) is 10.3. The van der Waals surface area contributed by atoms with Crippen molar-refractivity contribution in [1.29, 1.82) is 0 Å². The van der Waals surface area contributed by atoms with Crippen molar-refractivity contribution in [2.75, 3.05) is 0 Å². The zero-order valence-electron chi connectivity index (χ0n) is 6.67. The monoisotopic (exact) mass is 210 g/mol. The third kappa shape index (κ3) is 6.44. The Morgan fingerprint density at radius 2 is 1.40 bits per heavy atom. The molecule has 0 nitrogen and oxygen atoms in total. The maximum absolute atomic E-state index is 3.25. The molecule has 0 fully saturated rings. The van der Waals surface area contributed by atoms with Gasteiger partial charge in [-0.25, -0.2) is 0 Å². The van der Waals surface area contributed by atoms with E-state index in [1.165, 1.54) is 5.56 Å². The van der Waals surface area contributed by atoms with Gasteiger partial charge in [0.25, 0.3) is 0 Å². The zero-order chi connectivity index (χ0) is 7.11. The van der Waals surface area contributed by atoms with Gasteiger partial charge in [0.05, 0.1) is 0 Å². The molecule has 1 aromatic carbocycles. The van der Waals surface area contributed by atoms with Gasteiger partial charge in [-0.2, -0.15) is 6.92 Å². The molecule has 1 heteroatoms. The molecule has 0 N–H and O–H groups in total. The normalized spacial score (nSPS) is 6.70. The smallest absolute Gasteiger partial charge is 0 e. The van der Waals surface area contributed by atoms with Crippen LogP contribution < -0.4 is 0 Å². The van der Waals surface area contributed by atoms with Gasteiger partial charge in [0, 0.05) is 32.7 Å². The Balaban J connectivity index is 0. The molecule has 1 radical (unpaired) electrons. The topological polar surface area (TPSA) is 0 Å². The molecule has 0 bridgehead atoms. The zero-order valence-corrected chi connectivity index (χ0v) is 9.51. The van der Waals surface area contributed by atoms with Crippen molar-refractivity contribution < 1.29 is 32.7 Å². The second-order valence-corrected chi connectivity index (χ2v) is 1.65. The molecule has 10 heavy (non-hydrogen) atoms. The number of benzene rings is 1. The number of hydrogen-bond donors (Lipinski definition) is 0. The Morgan fingerprint density at radius 1 is 1.00 bits per heavy atom. The van der Waals surface area contributed by atoms with Crippen molar-refractivity contribution in [2.45, 2.75) is 13.8 Å². The van der Waals surface area contributed by atoms with Gasteiger partial charge in [0.15, 0.2) is 0 Å². The minimum atomic E-state index is 0. The Hall–Kier alpha value is 0.324. The Kier molecular flexibility index (Phi) is 12.1. The fourth-order valence-corrected chi connectivity index (χ4v) is 0.534. The summed E-state index contributed by atoms with van der Waals surface area (Å²) < 4.78 is 0. The summed E-state index contributed by atoms with van der Waals surface area (Å²) in [6.07, 6.45) is 0. The van der Waals surface area contributed by atoms with Gasteiger partial charge in [-0.15, -0.1) is 0 Å². The van der Waals surface area contributed by atoms with Gasteiger partial charge in [-0.1, -0.05) is 35.9 Å². The van der Waals surface area contributed by atoms with E-state index < -0.39 is 0 Å². The van der Waals surface area contributed by atoms with E-state index in [1.807, 2.05) is 18.2 Å². The molecule has 0 unspecified atom stereocenters. The molecule has 0 saturated heterocycles. The molecule has 0 aliphatic heterocycles. The first-order valence-electron chi connectivity index (χ1n) is 3.12. The van der Waals surface area contributed by atoms with Gasteiger partial charge in [-0.3, -0.25) is 0 Å². The van der Waals surface area contributed by atoms with Crippen LogP contribution in [0.4, 0.5) is 0 Å². The minimum Gasteiger partial charge on any atom is -0.346 e. The minimum absolute atomic E-state index is 0. The molecular weight excluding hydrogens is 197 g/mol. The number of aryl methyl sites for hydroxylation is 1. The van der Waals surface area contributed by atoms with Crippen LogP contribution in [0, 0.1) is 13.8 Å². The molecule has 0 aliphatic carbocycles. The first-order chi connectivity index (χ1) is 4.39. The summed E-state index contributed by atoms with van der Waals surface area (Å²) in [4.78, 5) is 0. The standard InChI is InChI=1S/C7H8.C2H5.Y/c1-7-5-3-2-4-6-7;1-2;/h2-6H,1H3;1H2,2H3;/q;-1;. The van der Waals surface area contributed by atoms with Crippen LogP contribution in [0.25, 0.3) is 0 Å². The first kappa shape index (κ1) is 13.0. The van der Waals surface area contributed by atoms with Crippen LogP contribution in [0.15, 0.2) is 30.3 Å². The summed E-state index contributed by atoms with van der Waals surface area (Å²) in [5, 5.41) is 0. The summed E-state index contributed by atoms with van der Waals surface area (Å²) in [5.41, 5.74) is 1.32. The first-order valence-corrected chi connectivity index (χ1v) is 3.12. The van der Waals surface area contributed by atoms with Crippen molar-refractivity contribution in [2.24, 2.45) is 0 Å². The number of rotatable bonds is 0. The largest absolute Gasteiger partial charge is 0.346 e. The molecule has 0 aliphatic rings. The molecule has 0 saturated carbocycles. The molecule has 0 spiro atoms. The summed E-state index contributed by atoms with van der Waals surface area (Å²) >= 11 is 0. The van der Waals surface area contributed by atoms with E-state index in [0.29, 0.717) is 0 Å². The fraction of sp³-hybridized carbons (Fsp3) is 0.222. The summed E-state index contributed by atoms with van der Waals surface area (Å²) in [7, 11) is 0. The maximum atomic E-state index is 3.25. The van der Waals surface area contributed by atoms with Gasteiger partial charge < -0.3 is 6.92 Å². The van der Waals surface area contributed by atoms with Gasteiger partial charge in [0.2, 0.25) is 0 Å².